The van der Waals surface area contributed by atoms with Gasteiger partial charge in [0.25, 0.3) is 0 Å². The van der Waals surface area contributed by atoms with E-state index < -0.39 is 0 Å². The summed E-state index contributed by atoms with van der Waals surface area (Å²) in [6.45, 7) is 1.20. The molecule has 0 atom stereocenters. The molecule has 0 aliphatic rings. The first-order valence-corrected chi connectivity index (χ1v) is 15.4. The van der Waals surface area contributed by atoms with Gasteiger partial charge in [0.15, 0.2) is 0 Å². The van der Waals surface area contributed by atoms with Gasteiger partial charge in [-0.2, -0.15) is 29.9 Å². The topological polar surface area (TPSA) is 198 Å². The quantitative estimate of drug-likeness (QED) is 0.0936. The molecule has 2 rings (SSSR count). The van der Waals surface area contributed by atoms with Crippen molar-refractivity contribution in [2.75, 3.05) is 181 Å². The van der Waals surface area contributed by atoms with Crippen LogP contribution in [0.4, 0.5) is 35.7 Å². The monoisotopic (exact) mass is 734 g/mol. The highest BCUT2D eigenvalue weighted by atomic mass is 16.5. The average Bonchev–Trinajstić information content (AvgIpc) is 3.13. The molecule has 0 saturated heterocycles. The third-order valence-corrected chi connectivity index (χ3v) is 6.24. The molecule has 292 valence electrons. The van der Waals surface area contributed by atoms with Crippen LogP contribution in [0.15, 0.2) is 0 Å². The first-order valence-electron chi connectivity index (χ1n) is 15.4. The largest absolute Gasteiger partial charge is 0.364 e. The number of aromatic nitrogens is 6. The Labute approximate surface area is 299 Å². The highest BCUT2D eigenvalue weighted by molar-refractivity contribution is 5.47. The van der Waals surface area contributed by atoms with Crippen molar-refractivity contribution in [3.05, 3.63) is 0 Å². The Hall–Kier alpha value is -3.62. The highest BCUT2D eigenvalue weighted by Gasteiger charge is 2.23. The Balaban J connectivity index is 2.52. The molecule has 0 saturated carbocycles. The molecule has 23 nitrogen and oxygen atoms in total. The van der Waals surface area contributed by atoms with E-state index in [0.29, 0.717) is 0 Å². The molecule has 23 heteroatoms. The number of rotatable bonds is 30. The van der Waals surface area contributed by atoms with Crippen molar-refractivity contribution >= 4 is 35.7 Å². The first kappa shape index (κ1) is 43.5. The molecular formula is C28H54N12O11. The van der Waals surface area contributed by atoms with E-state index in [1.807, 2.05) is 0 Å². The van der Waals surface area contributed by atoms with Gasteiger partial charge in [0.2, 0.25) is 35.7 Å². The van der Waals surface area contributed by atoms with Crippen LogP contribution in [0.25, 0.3) is 0 Å². The lowest BCUT2D eigenvalue weighted by molar-refractivity contribution is 0.0853. The van der Waals surface area contributed by atoms with E-state index in [4.69, 9.17) is 52.1 Å². The maximum atomic E-state index is 6.19. The predicted molar refractivity (Wildman–Crippen MR) is 184 cm³/mol. The zero-order valence-electron chi connectivity index (χ0n) is 31.3. The van der Waals surface area contributed by atoms with Crippen LogP contribution in [-0.4, -0.2) is 182 Å². The maximum absolute atomic E-state index is 6.19. The number of methoxy groups -OCH3 is 10. The van der Waals surface area contributed by atoms with Gasteiger partial charge in [-0.3, -0.25) is 29.4 Å². The summed E-state index contributed by atoms with van der Waals surface area (Å²) >= 11 is 0. The Kier molecular flexibility index (Phi) is 21.6. The normalized spacial score (nSPS) is 11.2. The standard InChI is InChI=1S/C28H54N12O11/c1-41-11-35(12-42-2)23-29-24(36(13-43-3)14-44-4)32-27(31-23)39(19-49-9)21-51-22-40(20-50-10)28-33-25(37(15-45-5)16-46-6)30-26(34-28)38(17-47-7)18-48-8/h11-22H2,1-10H3. The zero-order valence-corrected chi connectivity index (χ0v) is 31.3. The minimum atomic E-state index is -0.0379. The molecule has 0 amide bonds. The summed E-state index contributed by atoms with van der Waals surface area (Å²) in [6, 6.07) is 0. The number of hydrogen-bond acceptors (Lipinski definition) is 23. The second-order valence-electron chi connectivity index (χ2n) is 10.3. The maximum Gasteiger partial charge on any atom is 0.235 e. The van der Waals surface area contributed by atoms with Crippen molar-refractivity contribution in [3.63, 3.8) is 0 Å². The van der Waals surface area contributed by atoms with Crippen molar-refractivity contribution < 1.29 is 52.1 Å². The second kappa shape index (κ2) is 25.4. The zero-order chi connectivity index (χ0) is 37.4. The predicted octanol–water partition coefficient (Wildman–Crippen LogP) is -0.434. The van der Waals surface area contributed by atoms with Gasteiger partial charge in [-0.05, 0) is 0 Å². The smallest absolute Gasteiger partial charge is 0.235 e. The molecule has 0 unspecified atom stereocenters. The lowest BCUT2D eigenvalue weighted by atomic mass is 10.6. The average molecular weight is 735 g/mol. The molecule has 0 aliphatic carbocycles. The van der Waals surface area contributed by atoms with Crippen LogP contribution in [0.3, 0.4) is 0 Å². The molecule has 51 heavy (non-hydrogen) atoms. The fraction of sp³-hybridized carbons (Fsp3) is 0.786. The summed E-state index contributed by atoms with van der Waals surface area (Å²) in [5.41, 5.74) is 0. The number of hydrogen-bond donors (Lipinski definition) is 0. The van der Waals surface area contributed by atoms with Gasteiger partial charge >= 0.3 is 0 Å². The van der Waals surface area contributed by atoms with E-state index in [2.05, 4.69) is 29.9 Å². The Morgan fingerprint density at radius 3 is 0.529 bits per heavy atom. The number of nitrogens with zero attached hydrogens (tertiary/aromatic N) is 12. The van der Waals surface area contributed by atoms with E-state index >= 15 is 0 Å². The number of anilines is 6. The van der Waals surface area contributed by atoms with E-state index in [9.17, 15) is 0 Å². The van der Waals surface area contributed by atoms with Gasteiger partial charge < -0.3 is 52.1 Å². The van der Waals surface area contributed by atoms with Crippen molar-refractivity contribution in [1.29, 1.82) is 0 Å². The van der Waals surface area contributed by atoms with Gasteiger partial charge in [-0.1, -0.05) is 0 Å². The Morgan fingerprint density at radius 1 is 0.255 bits per heavy atom. The van der Waals surface area contributed by atoms with E-state index in [-0.39, 0.29) is 116 Å². The molecule has 0 N–H and O–H groups in total. The summed E-state index contributed by atoms with van der Waals surface area (Å²) < 4.78 is 60.1. The number of ether oxygens (including phenoxy) is 11. The minimum absolute atomic E-state index is 0.0379. The second-order valence-corrected chi connectivity index (χ2v) is 10.3. The Bertz CT molecular complexity index is 1030. The Morgan fingerprint density at radius 2 is 0.392 bits per heavy atom. The van der Waals surface area contributed by atoms with Crippen LogP contribution in [0.2, 0.25) is 0 Å². The molecular weight excluding hydrogens is 680 g/mol. The van der Waals surface area contributed by atoms with Gasteiger partial charge in [-0.15, -0.1) is 0 Å². The van der Waals surface area contributed by atoms with Gasteiger partial charge in [0.05, 0.1) is 0 Å². The van der Waals surface area contributed by atoms with Crippen LogP contribution >= 0.6 is 0 Å². The molecule has 2 aromatic heterocycles. The van der Waals surface area contributed by atoms with Crippen molar-refractivity contribution in [2.45, 2.75) is 0 Å². The molecule has 2 aromatic rings. The van der Waals surface area contributed by atoms with E-state index in [1.165, 1.54) is 0 Å². The fourth-order valence-electron chi connectivity index (χ4n) is 4.27. The summed E-state index contributed by atoms with van der Waals surface area (Å²) in [4.78, 5) is 38.1. The van der Waals surface area contributed by atoms with Crippen LogP contribution in [0, 0.1) is 0 Å². The summed E-state index contributed by atoms with van der Waals surface area (Å²) in [6.07, 6.45) is 0. The SMILES string of the molecule is COCN(COC)c1nc(N(COC)COC)nc(N(COC)COCN(COC)c2nc(N(COC)COC)nc(N(COC)COC)n2)n1. The molecule has 0 aliphatic heterocycles. The fourth-order valence-corrected chi connectivity index (χ4v) is 4.27. The van der Waals surface area contributed by atoms with Crippen LogP contribution in [0.5, 0.6) is 0 Å². The van der Waals surface area contributed by atoms with Crippen molar-refractivity contribution in [3.8, 4) is 0 Å². The lowest BCUT2D eigenvalue weighted by Gasteiger charge is -2.29. The molecule has 0 bridgehead atoms. The molecule has 2 heterocycles. The summed E-state index contributed by atoms with van der Waals surface area (Å²) in [7, 11) is 15.6. The highest BCUT2D eigenvalue weighted by Crippen LogP contribution is 2.22. The van der Waals surface area contributed by atoms with Gasteiger partial charge in [-0.25, -0.2) is 0 Å². The van der Waals surface area contributed by atoms with E-state index in [0.717, 1.165) is 0 Å². The third-order valence-electron chi connectivity index (χ3n) is 6.24. The summed E-state index contributed by atoms with van der Waals surface area (Å²) in [5, 5.41) is 0. The third kappa shape index (κ3) is 14.1. The first-order chi connectivity index (χ1) is 24.9. The van der Waals surface area contributed by atoms with Crippen molar-refractivity contribution in [2.24, 2.45) is 0 Å². The van der Waals surface area contributed by atoms with Gasteiger partial charge in [0, 0.05) is 71.1 Å². The van der Waals surface area contributed by atoms with Crippen LogP contribution < -0.4 is 29.4 Å². The molecule has 0 aromatic carbocycles. The summed E-state index contributed by atoms with van der Waals surface area (Å²) in [5.74, 6) is 1.57. The van der Waals surface area contributed by atoms with E-state index in [1.54, 1.807) is 100 Å². The van der Waals surface area contributed by atoms with Crippen LogP contribution in [0.1, 0.15) is 0 Å². The van der Waals surface area contributed by atoms with Gasteiger partial charge in [0.1, 0.15) is 80.8 Å². The van der Waals surface area contributed by atoms with Crippen LogP contribution in [-0.2, 0) is 52.1 Å². The molecule has 0 spiro atoms. The van der Waals surface area contributed by atoms with Crippen molar-refractivity contribution in [1.82, 2.24) is 29.9 Å². The molecule has 0 radical (unpaired) electrons. The minimum Gasteiger partial charge on any atom is -0.364 e. The lowest BCUT2D eigenvalue weighted by Crippen LogP contribution is -2.38. The molecule has 0 fully saturated rings.